The lowest BCUT2D eigenvalue weighted by molar-refractivity contribution is -0.387. The van der Waals surface area contributed by atoms with Crippen molar-refractivity contribution in [2.24, 2.45) is 11.8 Å². The van der Waals surface area contributed by atoms with Crippen LogP contribution >= 0.6 is 0 Å². The van der Waals surface area contributed by atoms with Crippen molar-refractivity contribution in [1.29, 1.82) is 0 Å². The first-order valence-corrected chi connectivity index (χ1v) is 7.14. The molecule has 0 aromatic heterocycles. The van der Waals surface area contributed by atoms with Gasteiger partial charge in [0.05, 0.1) is 4.92 Å². The van der Waals surface area contributed by atoms with Crippen molar-refractivity contribution in [2.75, 3.05) is 0 Å². The van der Waals surface area contributed by atoms with Crippen molar-refractivity contribution in [3.63, 3.8) is 0 Å². The van der Waals surface area contributed by atoms with E-state index in [0.717, 1.165) is 12.3 Å². The van der Waals surface area contributed by atoms with Gasteiger partial charge in [-0.05, 0) is 31.1 Å². The molecule has 1 aliphatic carbocycles. The number of rotatable bonds is 4. The molecule has 1 aromatic carbocycles. The number of hydrogen-bond donors (Lipinski definition) is 1. The van der Waals surface area contributed by atoms with E-state index in [1.54, 1.807) is 6.07 Å². The Morgan fingerprint density at radius 3 is 2.80 bits per heavy atom. The van der Waals surface area contributed by atoms with E-state index in [0.29, 0.717) is 24.1 Å². The molecule has 1 fully saturated rings. The van der Waals surface area contributed by atoms with Gasteiger partial charge in [-0.3, -0.25) is 10.1 Å². The Kier molecular flexibility index (Phi) is 4.70. The summed E-state index contributed by atoms with van der Waals surface area (Å²) in [5, 5.41) is 14.1. The standard InChI is InChI=1S/C15H21FN2O2/c1-10-6-7-13(11(2)8-10)17-9-12-4-3-5-14(15(12)16)18(19)20/h3-5,10-11,13,17H,6-9H2,1-2H3. The van der Waals surface area contributed by atoms with Crippen LogP contribution in [0.4, 0.5) is 10.1 Å². The van der Waals surface area contributed by atoms with Crippen molar-refractivity contribution in [1.82, 2.24) is 5.32 Å². The number of nitro groups is 1. The van der Waals surface area contributed by atoms with Crippen molar-refractivity contribution in [3.8, 4) is 0 Å². The van der Waals surface area contributed by atoms with Gasteiger partial charge < -0.3 is 5.32 Å². The second kappa shape index (κ2) is 6.31. The van der Waals surface area contributed by atoms with Crippen LogP contribution in [0, 0.1) is 27.8 Å². The fourth-order valence-electron chi connectivity index (χ4n) is 3.05. The predicted molar refractivity (Wildman–Crippen MR) is 75.9 cm³/mol. The third kappa shape index (κ3) is 3.33. The molecule has 3 atom stereocenters. The Hall–Kier alpha value is -1.49. The zero-order chi connectivity index (χ0) is 14.7. The van der Waals surface area contributed by atoms with E-state index in [1.807, 2.05) is 0 Å². The van der Waals surface area contributed by atoms with E-state index in [4.69, 9.17) is 0 Å². The number of nitro benzene ring substituents is 1. The van der Waals surface area contributed by atoms with Gasteiger partial charge in [0.25, 0.3) is 0 Å². The lowest BCUT2D eigenvalue weighted by Crippen LogP contribution is -2.38. The largest absolute Gasteiger partial charge is 0.310 e. The number of halogens is 1. The minimum atomic E-state index is -0.721. The van der Waals surface area contributed by atoms with Gasteiger partial charge in [0.1, 0.15) is 0 Å². The predicted octanol–water partition coefficient (Wildman–Crippen LogP) is 3.65. The van der Waals surface area contributed by atoms with E-state index >= 15 is 0 Å². The van der Waals surface area contributed by atoms with E-state index in [9.17, 15) is 14.5 Å². The second-order valence-corrected chi connectivity index (χ2v) is 5.89. The molecule has 1 aromatic rings. The van der Waals surface area contributed by atoms with Crippen LogP contribution in [0.1, 0.15) is 38.7 Å². The van der Waals surface area contributed by atoms with Gasteiger partial charge in [0.2, 0.25) is 5.82 Å². The van der Waals surface area contributed by atoms with Gasteiger partial charge in [-0.1, -0.05) is 26.0 Å². The first-order chi connectivity index (χ1) is 9.49. The Bertz CT molecular complexity index is 493. The van der Waals surface area contributed by atoms with Gasteiger partial charge in [-0.15, -0.1) is 0 Å². The average molecular weight is 280 g/mol. The van der Waals surface area contributed by atoms with Gasteiger partial charge >= 0.3 is 5.69 Å². The van der Waals surface area contributed by atoms with Crippen LogP contribution in [0.2, 0.25) is 0 Å². The highest BCUT2D eigenvalue weighted by Crippen LogP contribution is 2.29. The number of hydrogen-bond acceptors (Lipinski definition) is 3. The van der Waals surface area contributed by atoms with Crippen LogP contribution in [0.15, 0.2) is 18.2 Å². The van der Waals surface area contributed by atoms with Crippen LogP contribution in [0.3, 0.4) is 0 Å². The summed E-state index contributed by atoms with van der Waals surface area (Å²) in [5.41, 5.74) is -0.0837. The molecular formula is C15H21FN2O2. The molecule has 1 N–H and O–H groups in total. The molecular weight excluding hydrogens is 259 g/mol. The summed E-state index contributed by atoms with van der Waals surface area (Å²) in [4.78, 5) is 10.0. The maximum absolute atomic E-state index is 14.0. The zero-order valence-electron chi connectivity index (χ0n) is 11.9. The number of nitrogens with one attached hydrogen (secondary N) is 1. The second-order valence-electron chi connectivity index (χ2n) is 5.89. The molecule has 0 spiro atoms. The van der Waals surface area contributed by atoms with Gasteiger partial charge in [-0.2, -0.15) is 4.39 Å². The molecule has 1 saturated carbocycles. The minimum absolute atomic E-state index is 0.344. The van der Waals surface area contributed by atoms with Gasteiger partial charge in [0, 0.05) is 24.2 Å². The Morgan fingerprint density at radius 2 is 2.15 bits per heavy atom. The maximum Gasteiger partial charge on any atom is 0.305 e. The van der Waals surface area contributed by atoms with Crippen molar-refractivity contribution in [2.45, 2.75) is 45.7 Å². The molecule has 20 heavy (non-hydrogen) atoms. The zero-order valence-corrected chi connectivity index (χ0v) is 11.9. The number of nitrogens with zero attached hydrogens (tertiary/aromatic N) is 1. The van der Waals surface area contributed by atoms with E-state index < -0.39 is 16.4 Å². The summed E-state index contributed by atoms with van der Waals surface area (Å²) in [6, 6.07) is 4.70. The molecule has 110 valence electrons. The van der Waals surface area contributed by atoms with E-state index in [-0.39, 0.29) is 0 Å². The smallest absolute Gasteiger partial charge is 0.305 e. The molecule has 2 rings (SSSR count). The fraction of sp³-hybridized carbons (Fsp3) is 0.600. The fourth-order valence-corrected chi connectivity index (χ4v) is 3.05. The maximum atomic E-state index is 14.0. The van der Waals surface area contributed by atoms with E-state index in [1.165, 1.54) is 25.0 Å². The van der Waals surface area contributed by atoms with Crippen LogP contribution < -0.4 is 5.32 Å². The molecule has 0 saturated heterocycles. The minimum Gasteiger partial charge on any atom is -0.310 e. The quantitative estimate of drug-likeness (QED) is 0.676. The lowest BCUT2D eigenvalue weighted by Gasteiger charge is -2.33. The summed E-state index contributed by atoms with van der Waals surface area (Å²) < 4.78 is 14.0. The Morgan fingerprint density at radius 1 is 1.40 bits per heavy atom. The van der Waals surface area contributed by atoms with Crippen molar-refractivity contribution >= 4 is 5.69 Å². The number of benzene rings is 1. The molecule has 5 heteroatoms. The van der Waals surface area contributed by atoms with Gasteiger partial charge in [-0.25, -0.2) is 0 Å². The van der Waals surface area contributed by atoms with Crippen LogP contribution in [0.5, 0.6) is 0 Å². The van der Waals surface area contributed by atoms with Gasteiger partial charge in [0.15, 0.2) is 0 Å². The first kappa shape index (κ1) is 14.9. The summed E-state index contributed by atoms with van der Waals surface area (Å²) in [6.45, 7) is 4.81. The van der Waals surface area contributed by atoms with Crippen LogP contribution in [0.25, 0.3) is 0 Å². The van der Waals surface area contributed by atoms with Crippen molar-refractivity contribution < 1.29 is 9.31 Å². The molecule has 0 bridgehead atoms. The Balaban J connectivity index is 2.01. The molecule has 3 unspecified atom stereocenters. The summed E-state index contributed by atoms with van der Waals surface area (Å²) in [6.07, 6.45) is 3.44. The molecule has 0 aliphatic heterocycles. The lowest BCUT2D eigenvalue weighted by atomic mass is 9.80. The van der Waals surface area contributed by atoms with Crippen molar-refractivity contribution in [3.05, 3.63) is 39.7 Å². The first-order valence-electron chi connectivity index (χ1n) is 7.14. The third-order valence-electron chi connectivity index (χ3n) is 4.24. The monoisotopic (exact) mass is 280 g/mol. The highest BCUT2D eigenvalue weighted by atomic mass is 19.1. The third-order valence-corrected chi connectivity index (χ3v) is 4.24. The summed E-state index contributed by atoms with van der Waals surface area (Å²) >= 11 is 0. The topological polar surface area (TPSA) is 55.2 Å². The average Bonchev–Trinajstić information content (AvgIpc) is 2.39. The molecule has 4 nitrogen and oxygen atoms in total. The normalized spacial score (nSPS) is 26.4. The SMILES string of the molecule is CC1CCC(NCc2cccc([N+](=O)[O-])c2F)C(C)C1. The molecule has 0 radical (unpaired) electrons. The summed E-state index contributed by atoms with van der Waals surface area (Å²) in [7, 11) is 0. The molecule has 0 amide bonds. The molecule has 0 heterocycles. The van der Waals surface area contributed by atoms with Crippen LogP contribution in [-0.4, -0.2) is 11.0 Å². The molecule has 1 aliphatic rings. The van der Waals surface area contributed by atoms with Crippen LogP contribution in [-0.2, 0) is 6.54 Å². The highest BCUT2D eigenvalue weighted by molar-refractivity contribution is 5.36. The summed E-state index contributed by atoms with van der Waals surface area (Å²) in [5.74, 6) is 0.583. The van der Waals surface area contributed by atoms with E-state index in [2.05, 4.69) is 19.2 Å². The highest BCUT2D eigenvalue weighted by Gasteiger charge is 2.25. The Labute approximate surface area is 118 Å².